The van der Waals surface area contributed by atoms with Crippen LogP contribution in [0.5, 0.6) is 0 Å². The topological polar surface area (TPSA) is 0 Å². The second-order valence-corrected chi connectivity index (χ2v) is 6.99. The molecule has 0 saturated heterocycles. The van der Waals surface area contributed by atoms with Crippen LogP contribution in [-0.4, -0.2) is 0 Å². The van der Waals surface area contributed by atoms with E-state index in [-0.39, 0.29) is 0 Å². The fourth-order valence-electron chi connectivity index (χ4n) is 4.22. The monoisotopic (exact) mass is 226 g/mol. The third-order valence-electron chi connectivity index (χ3n) is 4.29. The zero-order valence-electron chi connectivity index (χ0n) is 13.0. The molecule has 0 N–H and O–H groups in total. The van der Waals surface area contributed by atoms with E-state index in [9.17, 15) is 0 Å². The van der Waals surface area contributed by atoms with Gasteiger partial charge in [0.05, 0.1) is 0 Å². The van der Waals surface area contributed by atoms with Gasteiger partial charge in [0, 0.05) is 0 Å². The Morgan fingerprint density at radius 2 is 0.562 bits per heavy atom. The molecule has 0 rings (SSSR count). The second-order valence-electron chi connectivity index (χ2n) is 6.99. The van der Waals surface area contributed by atoms with E-state index in [0.29, 0.717) is 0 Å². The largest absolute Gasteiger partial charge is 0.0625 e. The minimum atomic E-state index is 0.801. The molecule has 0 radical (unpaired) electrons. The van der Waals surface area contributed by atoms with E-state index in [2.05, 4.69) is 62.3 Å². The normalized spacial score (nSPS) is 13.5. The molecule has 0 unspecified atom stereocenters. The van der Waals surface area contributed by atoms with Crippen LogP contribution in [0.1, 0.15) is 62.3 Å². The highest BCUT2D eigenvalue weighted by Gasteiger charge is 2.33. The molecule has 16 heavy (non-hydrogen) atoms. The van der Waals surface area contributed by atoms with Gasteiger partial charge in [-0.05, 0) is 41.4 Å². The van der Waals surface area contributed by atoms with Crippen molar-refractivity contribution in [2.24, 2.45) is 41.4 Å². The summed E-state index contributed by atoms with van der Waals surface area (Å²) in [6, 6.07) is 0. The zero-order chi connectivity index (χ0) is 13.0. The summed E-state index contributed by atoms with van der Waals surface area (Å²) in [5.41, 5.74) is 0. The molecule has 0 atom stereocenters. The van der Waals surface area contributed by atoms with Crippen molar-refractivity contribution in [3.63, 3.8) is 0 Å². The number of hydrogen-bond donors (Lipinski definition) is 0. The van der Waals surface area contributed by atoms with Crippen molar-refractivity contribution in [2.45, 2.75) is 62.3 Å². The van der Waals surface area contributed by atoms with Gasteiger partial charge >= 0.3 is 0 Å². The molecule has 0 aromatic heterocycles. The zero-order valence-corrected chi connectivity index (χ0v) is 13.0. The third-order valence-corrected chi connectivity index (χ3v) is 4.29. The molecule has 0 heteroatoms. The molecule has 0 nitrogen and oxygen atoms in total. The van der Waals surface area contributed by atoms with Crippen molar-refractivity contribution >= 4 is 0 Å². The predicted octanol–water partition coefficient (Wildman–Crippen LogP) is 5.48. The number of hydrogen-bond acceptors (Lipinski definition) is 0. The molecule has 0 aliphatic heterocycles. The van der Waals surface area contributed by atoms with Crippen LogP contribution >= 0.6 is 0 Å². The summed E-state index contributed by atoms with van der Waals surface area (Å²) in [6.07, 6.45) is 0. The van der Waals surface area contributed by atoms with Crippen molar-refractivity contribution < 1.29 is 0 Å². The van der Waals surface area contributed by atoms with E-state index in [1.165, 1.54) is 0 Å². The van der Waals surface area contributed by atoms with Gasteiger partial charge < -0.3 is 0 Å². The summed E-state index contributed by atoms with van der Waals surface area (Å²) in [5.74, 6) is 5.75. The summed E-state index contributed by atoms with van der Waals surface area (Å²) >= 11 is 0. The van der Waals surface area contributed by atoms with Crippen LogP contribution in [0, 0.1) is 41.4 Å². The maximum Gasteiger partial charge on any atom is -0.0339 e. The summed E-state index contributed by atoms with van der Waals surface area (Å²) in [5, 5.41) is 0. The van der Waals surface area contributed by atoms with Gasteiger partial charge in [-0.3, -0.25) is 0 Å². The van der Waals surface area contributed by atoms with Crippen LogP contribution in [0.4, 0.5) is 0 Å². The van der Waals surface area contributed by atoms with Gasteiger partial charge in [-0.25, -0.2) is 0 Å². The molecule has 0 aliphatic carbocycles. The highest BCUT2D eigenvalue weighted by atomic mass is 14.4. The molecule has 0 fully saturated rings. The van der Waals surface area contributed by atoms with Crippen molar-refractivity contribution in [1.29, 1.82) is 0 Å². The Bertz CT molecular complexity index is 140. The van der Waals surface area contributed by atoms with Crippen molar-refractivity contribution in [3.8, 4) is 0 Å². The first kappa shape index (κ1) is 16.0. The van der Waals surface area contributed by atoms with Gasteiger partial charge in [0.25, 0.3) is 0 Å². The third kappa shape index (κ3) is 4.11. The van der Waals surface area contributed by atoms with E-state index in [4.69, 9.17) is 0 Å². The molecule has 0 spiro atoms. The van der Waals surface area contributed by atoms with Crippen LogP contribution in [0.15, 0.2) is 0 Å². The Labute approximate surface area is 104 Å². The summed E-state index contributed by atoms with van der Waals surface area (Å²) in [4.78, 5) is 0. The van der Waals surface area contributed by atoms with E-state index in [1.54, 1.807) is 0 Å². The Morgan fingerprint density at radius 3 is 0.688 bits per heavy atom. The van der Waals surface area contributed by atoms with Gasteiger partial charge in [-0.15, -0.1) is 0 Å². The quantitative estimate of drug-likeness (QED) is 0.562. The van der Waals surface area contributed by atoms with Gasteiger partial charge in [-0.2, -0.15) is 0 Å². The molecular weight excluding hydrogens is 192 g/mol. The first-order valence-corrected chi connectivity index (χ1v) is 7.20. The lowest BCUT2D eigenvalue weighted by Gasteiger charge is -2.40. The molecular formula is C16H34. The van der Waals surface area contributed by atoms with Crippen molar-refractivity contribution in [3.05, 3.63) is 0 Å². The van der Waals surface area contributed by atoms with E-state index in [1.807, 2.05) is 0 Å². The van der Waals surface area contributed by atoms with E-state index >= 15 is 0 Å². The van der Waals surface area contributed by atoms with E-state index in [0.717, 1.165) is 41.4 Å². The molecule has 0 aromatic rings. The molecule has 98 valence electrons. The molecule has 0 aliphatic rings. The fourth-order valence-corrected chi connectivity index (χ4v) is 4.22. The lowest BCUT2D eigenvalue weighted by Crippen LogP contribution is -2.34. The molecule has 0 bridgehead atoms. The molecule has 0 saturated carbocycles. The first-order valence-electron chi connectivity index (χ1n) is 7.20. The smallest absolute Gasteiger partial charge is 0.0339 e. The lowest BCUT2D eigenvalue weighted by molar-refractivity contribution is 0.0862. The molecule has 0 heterocycles. The van der Waals surface area contributed by atoms with Gasteiger partial charge in [0.2, 0.25) is 0 Å². The van der Waals surface area contributed by atoms with E-state index < -0.39 is 0 Å². The standard InChI is InChI=1S/C16H34/c1-10(2)15(11(3)4)14(9)16(12(5)6)13(7)8/h10-16H,1-9H3. The van der Waals surface area contributed by atoms with Crippen LogP contribution < -0.4 is 0 Å². The molecule has 0 aromatic carbocycles. The Morgan fingerprint density at radius 1 is 0.375 bits per heavy atom. The second kappa shape index (κ2) is 6.67. The summed E-state index contributed by atoms with van der Waals surface area (Å²) < 4.78 is 0. The Hall–Kier alpha value is 0. The predicted molar refractivity (Wildman–Crippen MR) is 75.5 cm³/mol. The Kier molecular flexibility index (Phi) is 6.67. The highest BCUT2D eigenvalue weighted by Crippen LogP contribution is 2.39. The lowest BCUT2D eigenvalue weighted by atomic mass is 9.65. The van der Waals surface area contributed by atoms with Crippen LogP contribution in [0.2, 0.25) is 0 Å². The van der Waals surface area contributed by atoms with Crippen molar-refractivity contribution in [2.75, 3.05) is 0 Å². The fraction of sp³-hybridized carbons (Fsp3) is 1.00. The summed E-state index contributed by atoms with van der Waals surface area (Å²) in [6.45, 7) is 21.6. The van der Waals surface area contributed by atoms with Crippen LogP contribution in [0.25, 0.3) is 0 Å². The maximum atomic E-state index is 2.48. The van der Waals surface area contributed by atoms with Crippen molar-refractivity contribution in [1.82, 2.24) is 0 Å². The van der Waals surface area contributed by atoms with Gasteiger partial charge in [-0.1, -0.05) is 62.3 Å². The minimum Gasteiger partial charge on any atom is -0.0625 e. The average Bonchev–Trinajstić information content (AvgIpc) is 1.99. The van der Waals surface area contributed by atoms with Crippen LogP contribution in [-0.2, 0) is 0 Å². The highest BCUT2D eigenvalue weighted by molar-refractivity contribution is 4.81. The average molecular weight is 226 g/mol. The molecule has 0 amide bonds. The Balaban J connectivity index is 4.88. The van der Waals surface area contributed by atoms with Crippen LogP contribution in [0.3, 0.4) is 0 Å². The minimum absolute atomic E-state index is 0.801. The summed E-state index contributed by atoms with van der Waals surface area (Å²) in [7, 11) is 0. The van der Waals surface area contributed by atoms with Gasteiger partial charge in [0.15, 0.2) is 0 Å². The SMILES string of the molecule is CC(C)C(C(C)C)C(C)C(C(C)C)C(C)C. The van der Waals surface area contributed by atoms with Gasteiger partial charge in [0.1, 0.15) is 0 Å². The maximum absolute atomic E-state index is 2.48. The first-order chi connectivity index (χ1) is 7.20. The number of rotatable bonds is 6.